The molecule has 33 heavy (non-hydrogen) atoms. The van der Waals surface area contributed by atoms with Gasteiger partial charge in [0.2, 0.25) is 0 Å². The molecule has 0 amide bonds. The third kappa shape index (κ3) is 7.04. The van der Waals surface area contributed by atoms with Crippen LogP contribution in [-0.2, 0) is 19.8 Å². The van der Waals surface area contributed by atoms with Crippen LogP contribution in [0.2, 0.25) is 0 Å². The van der Waals surface area contributed by atoms with Crippen molar-refractivity contribution < 1.29 is 9.84 Å². The van der Waals surface area contributed by atoms with Crippen LogP contribution in [0.25, 0.3) is 11.1 Å². The molecule has 4 rings (SSSR count). The van der Waals surface area contributed by atoms with E-state index in [1.54, 1.807) is 34.0 Å². The highest BCUT2D eigenvalue weighted by atomic mass is 32.1. The van der Waals surface area contributed by atoms with Crippen molar-refractivity contribution in [1.82, 2.24) is 4.90 Å². The van der Waals surface area contributed by atoms with Crippen molar-refractivity contribution in [2.45, 2.75) is 33.1 Å². The van der Waals surface area contributed by atoms with Gasteiger partial charge < -0.3 is 9.84 Å². The molecule has 1 N–H and O–H groups in total. The van der Waals surface area contributed by atoms with Gasteiger partial charge >= 0.3 is 0 Å². The second-order valence-electron chi connectivity index (χ2n) is 7.72. The molecule has 0 spiro atoms. The fourth-order valence-electron chi connectivity index (χ4n) is 3.50. The molecule has 0 atom stereocenters. The summed E-state index contributed by atoms with van der Waals surface area (Å²) in [7, 11) is 0. The highest BCUT2D eigenvalue weighted by Crippen LogP contribution is 2.28. The molecule has 3 nitrogen and oxygen atoms in total. The van der Waals surface area contributed by atoms with Crippen LogP contribution in [0, 0.1) is 11.8 Å². The monoisotopic (exact) mass is 493 g/mol. The van der Waals surface area contributed by atoms with Gasteiger partial charge in [-0.05, 0) is 76.1 Å². The second kappa shape index (κ2) is 12.2. The van der Waals surface area contributed by atoms with Crippen LogP contribution >= 0.6 is 34.0 Å². The van der Waals surface area contributed by atoms with E-state index in [2.05, 4.69) is 70.1 Å². The van der Waals surface area contributed by atoms with Gasteiger partial charge in [-0.15, -0.1) is 22.7 Å². The van der Waals surface area contributed by atoms with Gasteiger partial charge in [-0.3, -0.25) is 4.90 Å². The molecular weight excluding hydrogens is 467 g/mol. The lowest BCUT2D eigenvalue weighted by molar-refractivity contribution is 0.285. The quantitative estimate of drug-likeness (QED) is 0.245. The Bertz CT molecular complexity index is 1200. The van der Waals surface area contributed by atoms with E-state index in [1.165, 1.54) is 21.6 Å². The van der Waals surface area contributed by atoms with Crippen molar-refractivity contribution in [2.75, 3.05) is 13.1 Å². The van der Waals surface area contributed by atoms with E-state index < -0.39 is 0 Å². The Morgan fingerprint density at radius 1 is 1.00 bits per heavy atom. The number of nitrogens with zero attached hydrogens (tertiary/aromatic N) is 1. The molecule has 0 saturated carbocycles. The molecule has 0 radical (unpaired) electrons. The number of thiophene rings is 3. The lowest BCUT2D eigenvalue weighted by Gasteiger charge is -2.19. The van der Waals surface area contributed by atoms with E-state index in [-0.39, 0.29) is 6.61 Å². The summed E-state index contributed by atoms with van der Waals surface area (Å²) >= 11 is 5.01. The molecule has 0 saturated heterocycles. The topological polar surface area (TPSA) is 32.7 Å². The number of hydrogen-bond donors (Lipinski definition) is 1. The number of aliphatic hydroxyl groups excluding tert-OH is 1. The second-order valence-corrected chi connectivity index (χ2v) is 10.5. The van der Waals surface area contributed by atoms with Crippen molar-refractivity contribution in [3.05, 3.63) is 84.9 Å². The fourth-order valence-corrected chi connectivity index (χ4v) is 5.64. The van der Waals surface area contributed by atoms with Gasteiger partial charge in [0.1, 0.15) is 12.4 Å². The Kier molecular flexibility index (Phi) is 8.76. The molecule has 0 aliphatic rings. The van der Waals surface area contributed by atoms with Gasteiger partial charge in [0, 0.05) is 27.2 Å². The van der Waals surface area contributed by atoms with Crippen molar-refractivity contribution in [3.63, 3.8) is 0 Å². The summed E-state index contributed by atoms with van der Waals surface area (Å²) in [5.74, 6) is 7.41. The molecule has 3 aromatic heterocycles. The summed E-state index contributed by atoms with van der Waals surface area (Å²) in [6.45, 7) is 5.40. The zero-order valence-corrected chi connectivity index (χ0v) is 21.1. The lowest BCUT2D eigenvalue weighted by Crippen LogP contribution is -2.24. The van der Waals surface area contributed by atoms with E-state index in [1.807, 2.05) is 17.5 Å². The van der Waals surface area contributed by atoms with Crippen LogP contribution < -0.4 is 4.74 Å². The van der Waals surface area contributed by atoms with Crippen LogP contribution in [0.15, 0.2) is 64.0 Å². The Balaban J connectivity index is 1.33. The van der Waals surface area contributed by atoms with Crippen molar-refractivity contribution in [3.8, 4) is 28.7 Å². The maximum atomic E-state index is 9.21. The van der Waals surface area contributed by atoms with Gasteiger partial charge in [-0.1, -0.05) is 30.9 Å². The van der Waals surface area contributed by atoms with Crippen LogP contribution in [0.5, 0.6) is 5.75 Å². The van der Waals surface area contributed by atoms with E-state index in [9.17, 15) is 5.11 Å². The first-order valence-electron chi connectivity index (χ1n) is 10.9. The van der Waals surface area contributed by atoms with Crippen LogP contribution in [-0.4, -0.2) is 23.1 Å². The summed E-state index contributed by atoms with van der Waals surface area (Å²) in [6.07, 6.45) is 1.08. The molecule has 0 unspecified atom stereocenters. The highest BCUT2D eigenvalue weighted by molar-refractivity contribution is 7.10. The minimum atomic E-state index is 0.0783. The first-order chi connectivity index (χ1) is 16.2. The van der Waals surface area contributed by atoms with E-state index in [4.69, 9.17) is 4.74 Å². The molecule has 1 aromatic carbocycles. The van der Waals surface area contributed by atoms with Crippen LogP contribution in [0.3, 0.4) is 0 Å². The van der Waals surface area contributed by atoms with Gasteiger partial charge in [-0.2, -0.15) is 11.3 Å². The maximum absolute atomic E-state index is 9.21. The maximum Gasteiger partial charge on any atom is 0.122 e. The molecule has 4 aromatic rings. The Labute approximate surface area is 207 Å². The molecule has 0 bridgehead atoms. The predicted molar refractivity (Wildman–Crippen MR) is 141 cm³/mol. The Hall–Kier alpha value is -2.40. The van der Waals surface area contributed by atoms with Crippen molar-refractivity contribution in [1.29, 1.82) is 0 Å². The van der Waals surface area contributed by atoms with Crippen molar-refractivity contribution >= 4 is 34.0 Å². The number of rotatable bonds is 10. The smallest absolute Gasteiger partial charge is 0.122 e. The van der Waals surface area contributed by atoms with Gasteiger partial charge in [-0.25, -0.2) is 0 Å². The van der Waals surface area contributed by atoms with E-state index in [0.29, 0.717) is 13.2 Å². The van der Waals surface area contributed by atoms with Crippen molar-refractivity contribution in [2.24, 2.45) is 0 Å². The molecule has 0 aliphatic heterocycles. The van der Waals surface area contributed by atoms with Gasteiger partial charge in [0.25, 0.3) is 0 Å². The summed E-state index contributed by atoms with van der Waals surface area (Å²) in [6, 6.07) is 14.7. The van der Waals surface area contributed by atoms with Crippen LogP contribution in [0.1, 0.15) is 34.2 Å². The minimum Gasteiger partial charge on any atom is -0.488 e. The third-order valence-corrected chi connectivity index (χ3v) is 7.59. The largest absolute Gasteiger partial charge is 0.488 e. The first kappa shape index (κ1) is 23.7. The normalized spacial score (nSPS) is 10.9. The number of ether oxygens (including phenoxy) is 1. The number of benzene rings is 1. The Morgan fingerprint density at radius 2 is 1.91 bits per heavy atom. The summed E-state index contributed by atoms with van der Waals surface area (Å²) in [4.78, 5) is 4.53. The highest BCUT2D eigenvalue weighted by Gasteiger charge is 2.07. The summed E-state index contributed by atoms with van der Waals surface area (Å²) in [5.41, 5.74) is 4.74. The summed E-state index contributed by atoms with van der Waals surface area (Å²) in [5, 5.41) is 17.7. The fraction of sp³-hybridized carbons (Fsp3) is 0.259. The molecule has 170 valence electrons. The molecule has 0 fully saturated rings. The zero-order chi connectivity index (χ0) is 22.9. The molecule has 0 aliphatic carbocycles. The first-order valence-corrected chi connectivity index (χ1v) is 13.6. The minimum absolute atomic E-state index is 0.0783. The standard InChI is InChI=1S/C27H27NO2S3/c1-2-9-28(10-4-6-22-13-26(16-29)32-18-22)15-21-5-3-7-25(12-21)30-17-27-14-24(20-33-27)23-8-11-31-19-23/h3,5,7-8,11-14,18-20,29H,2,9-10,15-17H2,1H3. The van der Waals surface area contributed by atoms with Gasteiger partial charge in [0.05, 0.1) is 13.2 Å². The zero-order valence-electron chi connectivity index (χ0n) is 18.6. The predicted octanol–water partition coefficient (Wildman–Crippen LogP) is 6.87. The average Bonchev–Trinajstić information content (AvgIpc) is 3.60. The number of aliphatic hydroxyl groups is 1. The molecule has 6 heteroatoms. The number of hydrogen-bond acceptors (Lipinski definition) is 6. The van der Waals surface area contributed by atoms with Crippen LogP contribution in [0.4, 0.5) is 0 Å². The van der Waals surface area contributed by atoms with E-state index in [0.717, 1.165) is 35.7 Å². The molecule has 3 heterocycles. The molecular formula is C27H27NO2S3. The van der Waals surface area contributed by atoms with E-state index >= 15 is 0 Å². The Morgan fingerprint density at radius 3 is 2.70 bits per heavy atom. The van der Waals surface area contributed by atoms with Gasteiger partial charge in [0.15, 0.2) is 0 Å². The third-order valence-electron chi connectivity index (χ3n) is 5.08. The SMILES string of the molecule is CCCN(CC#Cc1csc(CO)c1)Cc1cccc(OCc2cc(-c3ccsc3)cs2)c1. The lowest BCUT2D eigenvalue weighted by atomic mass is 10.2. The average molecular weight is 494 g/mol. The summed E-state index contributed by atoms with van der Waals surface area (Å²) < 4.78 is 6.10.